The summed E-state index contributed by atoms with van der Waals surface area (Å²) in [7, 11) is 1.94. The normalized spacial score (nSPS) is 15.2. The molecule has 5 heteroatoms. The first kappa shape index (κ1) is 13.9. The predicted molar refractivity (Wildman–Crippen MR) is 83.8 cm³/mol. The minimum atomic E-state index is 0.546. The minimum absolute atomic E-state index is 0.546. The molecule has 1 saturated heterocycles. The van der Waals surface area contributed by atoms with Crippen LogP contribution >= 0.6 is 0 Å². The number of hydrogen-bond donors (Lipinski definition) is 1. The van der Waals surface area contributed by atoms with Crippen molar-refractivity contribution in [2.45, 2.75) is 13.5 Å². The molecule has 0 aliphatic carbocycles. The fraction of sp³-hybridized carbons (Fsp3) is 0.438. The average Bonchev–Trinajstić information content (AvgIpc) is 2.84. The number of benzene rings is 1. The highest BCUT2D eigenvalue weighted by Crippen LogP contribution is 2.20. The summed E-state index contributed by atoms with van der Waals surface area (Å²) in [5, 5.41) is 7.69. The van der Waals surface area contributed by atoms with Crippen LogP contribution in [0.4, 0.5) is 5.69 Å². The van der Waals surface area contributed by atoms with Crippen molar-refractivity contribution in [3.05, 3.63) is 41.7 Å². The van der Waals surface area contributed by atoms with Gasteiger partial charge in [-0.25, -0.2) is 0 Å². The number of rotatable bonds is 4. The Bertz CT molecular complexity index is 585. The van der Waals surface area contributed by atoms with Gasteiger partial charge in [0, 0.05) is 38.9 Å². The molecule has 5 nitrogen and oxygen atoms in total. The maximum absolute atomic E-state index is 5.84. The van der Waals surface area contributed by atoms with Gasteiger partial charge >= 0.3 is 0 Å². The van der Waals surface area contributed by atoms with Crippen molar-refractivity contribution in [3.63, 3.8) is 0 Å². The summed E-state index contributed by atoms with van der Waals surface area (Å²) in [4.78, 5) is 2.39. The predicted octanol–water partition coefficient (Wildman–Crippen LogP) is 1.72. The van der Waals surface area contributed by atoms with Gasteiger partial charge in [0.05, 0.1) is 11.4 Å². The summed E-state index contributed by atoms with van der Waals surface area (Å²) in [5.41, 5.74) is 3.36. The van der Waals surface area contributed by atoms with Gasteiger partial charge in [0.1, 0.15) is 12.4 Å². The van der Waals surface area contributed by atoms with Crippen molar-refractivity contribution in [2.75, 3.05) is 31.1 Å². The third-order valence-electron chi connectivity index (χ3n) is 3.80. The van der Waals surface area contributed by atoms with Gasteiger partial charge in [-0.1, -0.05) is 0 Å². The number of piperazine rings is 1. The zero-order valence-electron chi connectivity index (χ0n) is 12.7. The Morgan fingerprint density at radius 2 is 1.90 bits per heavy atom. The number of aryl methyl sites for hydroxylation is 2. The summed E-state index contributed by atoms with van der Waals surface area (Å²) in [6.07, 6.45) is 0. The molecule has 0 amide bonds. The molecule has 1 aromatic heterocycles. The molecule has 1 aliphatic rings. The van der Waals surface area contributed by atoms with Crippen LogP contribution in [-0.4, -0.2) is 36.0 Å². The second-order valence-corrected chi connectivity index (χ2v) is 5.42. The van der Waals surface area contributed by atoms with Crippen molar-refractivity contribution in [3.8, 4) is 5.75 Å². The molecule has 0 atom stereocenters. The van der Waals surface area contributed by atoms with Gasteiger partial charge in [-0.2, -0.15) is 5.10 Å². The fourth-order valence-electron chi connectivity index (χ4n) is 2.63. The van der Waals surface area contributed by atoms with Crippen LogP contribution in [0.3, 0.4) is 0 Å². The lowest BCUT2D eigenvalue weighted by molar-refractivity contribution is 0.295. The van der Waals surface area contributed by atoms with Gasteiger partial charge in [-0.05, 0) is 37.3 Å². The van der Waals surface area contributed by atoms with Crippen LogP contribution in [0.2, 0.25) is 0 Å². The lowest BCUT2D eigenvalue weighted by Gasteiger charge is -2.29. The number of ether oxygens (including phenoxy) is 1. The van der Waals surface area contributed by atoms with E-state index in [1.54, 1.807) is 0 Å². The molecule has 0 radical (unpaired) electrons. The number of nitrogens with one attached hydrogen (secondary N) is 1. The van der Waals surface area contributed by atoms with Crippen LogP contribution in [0.1, 0.15) is 11.4 Å². The third-order valence-corrected chi connectivity index (χ3v) is 3.80. The van der Waals surface area contributed by atoms with Gasteiger partial charge in [0.2, 0.25) is 0 Å². The average molecular weight is 286 g/mol. The molecule has 0 spiro atoms. The summed E-state index contributed by atoms with van der Waals surface area (Å²) in [5.74, 6) is 0.896. The van der Waals surface area contributed by atoms with E-state index < -0.39 is 0 Å². The van der Waals surface area contributed by atoms with Gasteiger partial charge < -0.3 is 15.0 Å². The number of hydrogen-bond acceptors (Lipinski definition) is 4. The highest BCUT2D eigenvalue weighted by Gasteiger charge is 2.10. The molecule has 3 rings (SSSR count). The standard InChI is InChI=1S/C16H22N4O/c1-13-11-15(19(2)18-13)12-21-16-5-3-14(4-6-16)20-9-7-17-8-10-20/h3-6,11,17H,7-10,12H2,1-2H3. The van der Waals surface area contributed by atoms with E-state index in [0.717, 1.165) is 43.3 Å². The summed E-state index contributed by atoms with van der Waals surface area (Å²) in [6, 6.07) is 10.4. The van der Waals surface area contributed by atoms with E-state index in [0.29, 0.717) is 6.61 Å². The zero-order valence-corrected chi connectivity index (χ0v) is 12.7. The first-order valence-electron chi connectivity index (χ1n) is 7.40. The van der Waals surface area contributed by atoms with E-state index in [-0.39, 0.29) is 0 Å². The molecule has 21 heavy (non-hydrogen) atoms. The smallest absolute Gasteiger partial charge is 0.130 e. The highest BCUT2D eigenvalue weighted by molar-refractivity contribution is 5.49. The quantitative estimate of drug-likeness (QED) is 0.929. The Morgan fingerprint density at radius 1 is 1.19 bits per heavy atom. The van der Waals surface area contributed by atoms with Crippen molar-refractivity contribution in [1.82, 2.24) is 15.1 Å². The van der Waals surface area contributed by atoms with E-state index in [4.69, 9.17) is 4.74 Å². The van der Waals surface area contributed by atoms with Crippen molar-refractivity contribution in [2.24, 2.45) is 7.05 Å². The lowest BCUT2D eigenvalue weighted by Crippen LogP contribution is -2.43. The maximum Gasteiger partial charge on any atom is 0.130 e. The van der Waals surface area contributed by atoms with Crippen molar-refractivity contribution >= 4 is 5.69 Å². The minimum Gasteiger partial charge on any atom is -0.487 e. The van der Waals surface area contributed by atoms with E-state index >= 15 is 0 Å². The molecule has 2 heterocycles. The van der Waals surface area contributed by atoms with E-state index in [1.165, 1.54) is 5.69 Å². The fourth-order valence-corrected chi connectivity index (χ4v) is 2.63. The van der Waals surface area contributed by atoms with Gasteiger partial charge in [-0.3, -0.25) is 4.68 Å². The molecule has 1 fully saturated rings. The van der Waals surface area contributed by atoms with E-state index in [1.807, 2.05) is 30.8 Å². The van der Waals surface area contributed by atoms with Gasteiger partial charge in [-0.15, -0.1) is 0 Å². The molecule has 1 aliphatic heterocycles. The van der Waals surface area contributed by atoms with E-state index in [9.17, 15) is 0 Å². The Morgan fingerprint density at radius 3 is 2.52 bits per heavy atom. The van der Waals surface area contributed by atoms with E-state index in [2.05, 4.69) is 33.5 Å². The number of aromatic nitrogens is 2. The van der Waals surface area contributed by atoms with Gasteiger partial charge in [0.15, 0.2) is 0 Å². The monoisotopic (exact) mass is 286 g/mol. The molecule has 1 N–H and O–H groups in total. The molecule has 0 saturated carbocycles. The molecule has 2 aromatic rings. The van der Waals surface area contributed by atoms with Crippen LogP contribution in [0.5, 0.6) is 5.75 Å². The van der Waals surface area contributed by atoms with Crippen LogP contribution in [-0.2, 0) is 13.7 Å². The first-order chi connectivity index (χ1) is 10.2. The Kier molecular flexibility index (Phi) is 4.10. The Hall–Kier alpha value is -2.01. The first-order valence-corrected chi connectivity index (χ1v) is 7.40. The molecule has 112 valence electrons. The van der Waals surface area contributed by atoms with Crippen molar-refractivity contribution in [1.29, 1.82) is 0 Å². The zero-order chi connectivity index (χ0) is 14.7. The number of nitrogens with zero attached hydrogens (tertiary/aromatic N) is 3. The molecular weight excluding hydrogens is 264 g/mol. The van der Waals surface area contributed by atoms with Crippen LogP contribution in [0.15, 0.2) is 30.3 Å². The summed E-state index contributed by atoms with van der Waals surface area (Å²) in [6.45, 7) is 6.77. The number of anilines is 1. The van der Waals surface area contributed by atoms with Crippen LogP contribution in [0.25, 0.3) is 0 Å². The molecule has 0 bridgehead atoms. The molecule has 0 unspecified atom stereocenters. The Labute approximate surface area is 125 Å². The SMILES string of the molecule is Cc1cc(COc2ccc(N3CCNCC3)cc2)n(C)n1. The highest BCUT2D eigenvalue weighted by atomic mass is 16.5. The lowest BCUT2D eigenvalue weighted by atomic mass is 10.2. The molecular formula is C16H22N4O. The largest absolute Gasteiger partial charge is 0.487 e. The van der Waals surface area contributed by atoms with Crippen molar-refractivity contribution < 1.29 is 4.74 Å². The Balaban J connectivity index is 1.60. The summed E-state index contributed by atoms with van der Waals surface area (Å²) >= 11 is 0. The van der Waals surface area contributed by atoms with Crippen LogP contribution in [0, 0.1) is 6.92 Å². The second-order valence-electron chi connectivity index (χ2n) is 5.42. The van der Waals surface area contributed by atoms with Crippen LogP contribution < -0.4 is 15.0 Å². The molecule has 1 aromatic carbocycles. The summed E-state index contributed by atoms with van der Waals surface area (Å²) < 4.78 is 7.70. The maximum atomic E-state index is 5.84. The topological polar surface area (TPSA) is 42.3 Å². The third kappa shape index (κ3) is 3.36. The second kappa shape index (κ2) is 6.18. The van der Waals surface area contributed by atoms with Gasteiger partial charge in [0.25, 0.3) is 0 Å².